The number of likely N-dealkylation sites (N-methyl/N-ethyl adjacent to an activating group) is 1. The Morgan fingerprint density at radius 1 is 1.32 bits per heavy atom. The van der Waals surface area contributed by atoms with Crippen LogP contribution in [0.4, 0.5) is 5.69 Å². The molecule has 0 radical (unpaired) electrons. The maximum absolute atomic E-state index is 13.1. The van der Waals surface area contributed by atoms with Gasteiger partial charge in [-0.15, -0.1) is 0 Å². The molecule has 5 heteroatoms. The highest BCUT2D eigenvalue weighted by Crippen LogP contribution is 2.38. The number of fused-ring (bicyclic) bond motifs is 1. The lowest BCUT2D eigenvalue weighted by molar-refractivity contribution is -0.119. The van der Waals surface area contributed by atoms with Gasteiger partial charge in [0.25, 0.3) is 5.91 Å². The minimum Gasteiger partial charge on any atom is -0.333 e. The normalized spacial score (nSPS) is 22.9. The van der Waals surface area contributed by atoms with Gasteiger partial charge in [0.2, 0.25) is 5.91 Å². The standard InChI is InChI=1S/C20H29N3O2/c1-13(2)10-15-12-22(5)8-9-23(15)18(24)14-6-7-16-17(11-14)21-19(25)20(16,3)4/h6-7,11,13,15H,8-10,12H2,1-5H3,(H,21,25). The summed E-state index contributed by atoms with van der Waals surface area (Å²) in [5, 5.41) is 2.92. The van der Waals surface area contributed by atoms with Crippen molar-refractivity contribution in [3.8, 4) is 0 Å². The summed E-state index contributed by atoms with van der Waals surface area (Å²) in [4.78, 5) is 29.6. The number of nitrogens with one attached hydrogen (secondary N) is 1. The van der Waals surface area contributed by atoms with Crippen LogP contribution in [0.3, 0.4) is 0 Å². The largest absolute Gasteiger partial charge is 0.333 e. The fourth-order valence-electron chi connectivity index (χ4n) is 3.92. The zero-order chi connectivity index (χ0) is 18.4. The first-order valence-electron chi connectivity index (χ1n) is 9.15. The molecule has 0 aromatic heterocycles. The Morgan fingerprint density at radius 2 is 2.04 bits per heavy atom. The topological polar surface area (TPSA) is 52.6 Å². The van der Waals surface area contributed by atoms with Crippen LogP contribution in [0, 0.1) is 5.92 Å². The molecule has 5 nitrogen and oxygen atoms in total. The van der Waals surface area contributed by atoms with Crippen LogP contribution in [0.1, 0.15) is 50.0 Å². The molecule has 1 aromatic rings. The fourth-order valence-corrected chi connectivity index (χ4v) is 3.92. The lowest BCUT2D eigenvalue weighted by Gasteiger charge is -2.41. The molecule has 2 aliphatic heterocycles. The Hall–Kier alpha value is -1.88. The zero-order valence-corrected chi connectivity index (χ0v) is 15.9. The van der Waals surface area contributed by atoms with Crippen molar-refractivity contribution in [2.45, 2.75) is 45.6 Å². The first-order chi connectivity index (χ1) is 11.7. The van der Waals surface area contributed by atoms with Crippen LogP contribution in [-0.4, -0.2) is 54.3 Å². The predicted molar refractivity (Wildman–Crippen MR) is 99.9 cm³/mol. The second-order valence-electron chi connectivity index (χ2n) is 8.38. The first kappa shape index (κ1) is 17.9. The lowest BCUT2D eigenvalue weighted by Crippen LogP contribution is -2.54. The van der Waals surface area contributed by atoms with E-state index in [1.807, 2.05) is 36.9 Å². The molecule has 0 bridgehead atoms. The molecule has 1 atom stereocenters. The van der Waals surface area contributed by atoms with Gasteiger partial charge in [0.15, 0.2) is 0 Å². The maximum Gasteiger partial charge on any atom is 0.254 e. The molecule has 3 rings (SSSR count). The van der Waals surface area contributed by atoms with Crippen molar-refractivity contribution in [1.82, 2.24) is 9.80 Å². The second-order valence-corrected chi connectivity index (χ2v) is 8.38. The van der Waals surface area contributed by atoms with E-state index in [0.717, 1.165) is 37.3 Å². The van der Waals surface area contributed by atoms with Crippen molar-refractivity contribution in [2.75, 3.05) is 32.0 Å². The third-order valence-electron chi connectivity index (χ3n) is 5.45. The summed E-state index contributed by atoms with van der Waals surface area (Å²) in [6, 6.07) is 5.88. The van der Waals surface area contributed by atoms with Crippen molar-refractivity contribution in [2.24, 2.45) is 5.92 Å². The molecular weight excluding hydrogens is 314 g/mol. The summed E-state index contributed by atoms with van der Waals surface area (Å²) < 4.78 is 0. The Balaban J connectivity index is 1.85. The molecule has 1 fully saturated rings. The van der Waals surface area contributed by atoms with Gasteiger partial charge in [-0.25, -0.2) is 0 Å². The van der Waals surface area contributed by atoms with E-state index in [1.54, 1.807) is 0 Å². The quantitative estimate of drug-likeness (QED) is 0.918. The predicted octanol–water partition coefficient (Wildman–Crippen LogP) is 2.72. The third kappa shape index (κ3) is 3.30. The average Bonchev–Trinajstić information content (AvgIpc) is 2.75. The van der Waals surface area contributed by atoms with Crippen molar-refractivity contribution < 1.29 is 9.59 Å². The van der Waals surface area contributed by atoms with Gasteiger partial charge in [0, 0.05) is 36.9 Å². The molecule has 1 aromatic carbocycles. The zero-order valence-electron chi connectivity index (χ0n) is 15.9. The highest BCUT2D eigenvalue weighted by atomic mass is 16.2. The number of hydrogen-bond acceptors (Lipinski definition) is 3. The highest BCUT2D eigenvalue weighted by Gasteiger charge is 2.39. The van der Waals surface area contributed by atoms with Gasteiger partial charge < -0.3 is 15.1 Å². The van der Waals surface area contributed by atoms with E-state index >= 15 is 0 Å². The third-order valence-corrected chi connectivity index (χ3v) is 5.45. The fraction of sp³-hybridized carbons (Fsp3) is 0.600. The summed E-state index contributed by atoms with van der Waals surface area (Å²) in [6.07, 6.45) is 1.00. The number of amides is 2. The van der Waals surface area contributed by atoms with E-state index in [0.29, 0.717) is 11.5 Å². The van der Waals surface area contributed by atoms with Crippen LogP contribution in [0.5, 0.6) is 0 Å². The first-order valence-corrected chi connectivity index (χ1v) is 9.15. The number of piperazine rings is 1. The monoisotopic (exact) mass is 343 g/mol. The summed E-state index contributed by atoms with van der Waals surface area (Å²) >= 11 is 0. The van der Waals surface area contributed by atoms with Gasteiger partial charge in [-0.2, -0.15) is 0 Å². The van der Waals surface area contributed by atoms with Gasteiger partial charge in [-0.05, 0) is 50.9 Å². The van der Waals surface area contributed by atoms with Crippen LogP contribution in [-0.2, 0) is 10.2 Å². The van der Waals surface area contributed by atoms with E-state index in [9.17, 15) is 9.59 Å². The SMILES string of the molecule is CC(C)CC1CN(C)CCN1C(=O)c1ccc2c(c1)NC(=O)C2(C)C. The van der Waals surface area contributed by atoms with E-state index in [-0.39, 0.29) is 17.9 Å². The van der Waals surface area contributed by atoms with Crippen molar-refractivity contribution in [1.29, 1.82) is 0 Å². The van der Waals surface area contributed by atoms with Crippen molar-refractivity contribution in [3.63, 3.8) is 0 Å². The molecule has 0 aliphatic carbocycles. The maximum atomic E-state index is 13.1. The second kappa shape index (κ2) is 6.45. The average molecular weight is 343 g/mol. The summed E-state index contributed by atoms with van der Waals surface area (Å²) in [5.41, 5.74) is 1.86. The van der Waals surface area contributed by atoms with Crippen molar-refractivity contribution in [3.05, 3.63) is 29.3 Å². The molecule has 2 heterocycles. The molecule has 1 N–H and O–H groups in total. The Morgan fingerprint density at radius 3 is 2.72 bits per heavy atom. The molecule has 2 aliphatic rings. The van der Waals surface area contributed by atoms with E-state index in [1.165, 1.54) is 0 Å². The Kier molecular flexibility index (Phi) is 4.62. The Bertz CT molecular complexity index is 694. The van der Waals surface area contributed by atoms with Gasteiger partial charge in [0.05, 0.1) is 5.41 Å². The number of anilines is 1. The number of carbonyl (C=O) groups excluding carboxylic acids is 2. The van der Waals surface area contributed by atoms with Crippen LogP contribution >= 0.6 is 0 Å². The van der Waals surface area contributed by atoms with Crippen molar-refractivity contribution >= 4 is 17.5 Å². The molecule has 2 amide bonds. The number of carbonyl (C=O) groups is 2. The molecule has 0 spiro atoms. The van der Waals surface area contributed by atoms with Crippen LogP contribution < -0.4 is 5.32 Å². The van der Waals surface area contributed by atoms with Crippen LogP contribution in [0.25, 0.3) is 0 Å². The summed E-state index contributed by atoms with van der Waals surface area (Å²) in [5.74, 6) is 0.608. The molecule has 25 heavy (non-hydrogen) atoms. The number of rotatable bonds is 3. The highest BCUT2D eigenvalue weighted by molar-refractivity contribution is 6.07. The van der Waals surface area contributed by atoms with E-state index in [4.69, 9.17) is 0 Å². The van der Waals surface area contributed by atoms with Gasteiger partial charge >= 0.3 is 0 Å². The van der Waals surface area contributed by atoms with Gasteiger partial charge in [-0.3, -0.25) is 9.59 Å². The molecular formula is C20H29N3O2. The minimum atomic E-state index is -0.537. The smallest absolute Gasteiger partial charge is 0.254 e. The van der Waals surface area contributed by atoms with Gasteiger partial charge in [0.1, 0.15) is 0 Å². The van der Waals surface area contributed by atoms with E-state index < -0.39 is 5.41 Å². The Labute approximate surface area is 150 Å². The minimum absolute atomic E-state index is 0.00983. The number of benzene rings is 1. The summed E-state index contributed by atoms with van der Waals surface area (Å²) in [7, 11) is 2.11. The molecule has 0 saturated carbocycles. The number of nitrogens with zero attached hydrogens (tertiary/aromatic N) is 2. The number of hydrogen-bond donors (Lipinski definition) is 1. The molecule has 1 unspecified atom stereocenters. The van der Waals surface area contributed by atoms with E-state index in [2.05, 4.69) is 31.1 Å². The lowest BCUT2D eigenvalue weighted by atomic mass is 9.86. The summed E-state index contributed by atoms with van der Waals surface area (Å²) in [6.45, 7) is 10.8. The van der Waals surface area contributed by atoms with Gasteiger partial charge in [-0.1, -0.05) is 19.9 Å². The van der Waals surface area contributed by atoms with Crippen LogP contribution in [0.2, 0.25) is 0 Å². The van der Waals surface area contributed by atoms with Crippen LogP contribution in [0.15, 0.2) is 18.2 Å². The molecule has 136 valence electrons. The molecule has 1 saturated heterocycles.